The molecule has 0 bridgehead atoms. The average molecular weight is 320 g/mol. The average Bonchev–Trinajstić information content (AvgIpc) is 2.54. The number of rotatable bonds is 9. The zero-order chi connectivity index (χ0) is 14.9. The normalized spacial score (nSPS) is 11.1. The van der Waals surface area contributed by atoms with Gasteiger partial charge in [-0.3, -0.25) is 4.98 Å². The minimum absolute atomic E-state index is 1.15. The molecule has 0 saturated carbocycles. The molecule has 0 aliphatic heterocycles. The van der Waals surface area contributed by atoms with E-state index >= 15 is 0 Å². The van der Waals surface area contributed by atoms with Crippen LogP contribution in [0.2, 0.25) is 0 Å². The van der Waals surface area contributed by atoms with Crippen molar-refractivity contribution in [2.45, 2.75) is 55.2 Å². The van der Waals surface area contributed by atoms with Gasteiger partial charge in [-0.25, -0.2) is 0 Å². The van der Waals surface area contributed by atoms with Gasteiger partial charge < -0.3 is 0 Å². The Bertz CT molecular complexity index is 554. The molecule has 0 spiro atoms. The van der Waals surface area contributed by atoms with Gasteiger partial charge in [0.1, 0.15) is 0 Å². The number of hydrogen-bond donors (Lipinski definition) is 0. The monoisotopic (exact) mass is 319 g/mol. The smallest absolute Gasteiger partial charge is 0.0848 e. The van der Waals surface area contributed by atoms with Gasteiger partial charge in [-0.05, 0) is 36.6 Å². The first-order chi connectivity index (χ1) is 10.4. The molecular formula is C18H25NS2. The van der Waals surface area contributed by atoms with Gasteiger partial charge in [0.25, 0.3) is 0 Å². The number of thioether (sulfide) groups is 2. The number of hydrogen-bond acceptors (Lipinski definition) is 3. The van der Waals surface area contributed by atoms with Crippen LogP contribution in [0, 0.1) is 0 Å². The maximum Gasteiger partial charge on any atom is 0.0848 e. The lowest BCUT2D eigenvalue weighted by Crippen LogP contribution is -1.87. The first kappa shape index (κ1) is 16.7. The molecule has 1 aromatic heterocycles. The Morgan fingerprint density at radius 1 is 0.952 bits per heavy atom. The van der Waals surface area contributed by atoms with Crippen molar-refractivity contribution in [1.82, 2.24) is 4.98 Å². The van der Waals surface area contributed by atoms with Gasteiger partial charge in [0.05, 0.1) is 5.52 Å². The number of nitrogens with zero attached hydrogens (tertiary/aromatic N) is 1. The molecule has 2 aromatic rings. The van der Waals surface area contributed by atoms with Crippen molar-refractivity contribution in [2.75, 3.05) is 12.0 Å². The molecular weight excluding hydrogens is 294 g/mol. The van der Waals surface area contributed by atoms with Crippen LogP contribution in [0.4, 0.5) is 0 Å². The fourth-order valence-corrected chi connectivity index (χ4v) is 4.09. The Hall–Kier alpha value is -0.670. The van der Waals surface area contributed by atoms with E-state index in [0.717, 1.165) is 5.52 Å². The lowest BCUT2D eigenvalue weighted by molar-refractivity contribution is 0.627. The SMILES string of the molecule is CCCCCCCCSc1ccc(SC)c2ncccc12. The minimum Gasteiger partial charge on any atom is -0.255 e. The zero-order valence-electron chi connectivity index (χ0n) is 13.1. The summed E-state index contributed by atoms with van der Waals surface area (Å²) in [5.74, 6) is 1.22. The van der Waals surface area contributed by atoms with E-state index in [2.05, 4.69) is 36.4 Å². The van der Waals surface area contributed by atoms with Crippen LogP contribution in [0.3, 0.4) is 0 Å². The van der Waals surface area contributed by atoms with Crippen molar-refractivity contribution >= 4 is 34.4 Å². The van der Waals surface area contributed by atoms with Crippen LogP contribution in [0.5, 0.6) is 0 Å². The number of aromatic nitrogens is 1. The van der Waals surface area contributed by atoms with Crippen LogP contribution in [0.25, 0.3) is 10.9 Å². The highest BCUT2D eigenvalue weighted by Gasteiger charge is 2.06. The van der Waals surface area contributed by atoms with Crippen LogP contribution >= 0.6 is 23.5 Å². The molecule has 0 atom stereocenters. The summed E-state index contributed by atoms with van der Waals surface area (Å²) in [4.78, 5) is 7.21. The third kappa shape index (κ3) is 4.93. The summed E-state index contributed by atoms with van der Waals surface area (Å²) < 4.78 is 0. The largest absolute Gasteiger partial charge is 0.255 e. The highest BCUT2D eigenvalue weighted by Crippen LogP contribution is 2.33. The molecule has 0 aliphatic rings. The third-order valence-corrected chi connectivity index (χ3v) is 5.60. The summed E-state index contributed by atoms with van der Waals surface area (Å²) in [6, 6.07) is 8.72. The number of fused-ring (bicyclic) bond motifs is 1. The lowest BCUT2D eigenvalue weighted by Gasteiger charge is -2.08. The summed E-state index contributed by atoms with van der Waals surface area (Å²) >= 11 is 3.76. The van der Waals surface area contributed by atoms with E-state index in [1.54, 1.807) is 11.8 Å². The van der Waals surface area contributed by atoms with Gasteiger partial charge in [-0.15, -0.1) is 23.5 Å². The van der Waals surface area contributed by atoms with Crippen molar-refractivity contribution < 1.29 is 0 Å². The Morgan fingerprint density at radius 3 is 2.52 bits per heavy atom. The maximum atomic E-state index is 4.56. The Morgan fingerprint density at radius 2 is 1.71 bits per heavy atom. The molecule has 1 aromatic carbocycles. The van der Waals surface area contributed by atoms with Crippen molar-refractivity contribution in [3.63, 3.8) is 0 Å². The van der Waals surface area contributed by atoms with Gasteiger partial charge in [-0.1, -0.05) is 45.1 Å². The zero-order valence-corrected chi connectivity index (χ0v) is 14.7. The molecule has 0 radical (unpaired) electrons. The standard InChI is InChI=1S/C18H25NS2/c1-3-4-5-6-7-8-14-21-16-11-12-17(20-2)18-15(16)10-9-13-19-18/h9-13H,3-8,14H2,1-2H3. The van der Waals surface area contributed by atoms with E-state index in [1.807, 2.05) is 24.0 Å². The molecule has 0 saturated heterocycles. The van der Waals surface area contributed by atoms with Crippen molar-refractivity contribution in [3.05, 3.63) is 30.5 Å². The Balaban J connectivity index is 1.90. The third-order valence-electron chi connectivity index (χ3n) is 3.67. The van der Waals surface area contributed by atoms with E-state index in [4.69, 9.17) is 0 Å². The molecule has 0 aliphatic carbocycles. The molecule has 114 valence electrons. The van der Waals surface area contributed by atoms with Crippen LogP contribution in [-0.4, -0.2) is 17.0 Å². The number of benzene rings is 1. The fraction of sp³-hybridized carbons (Fsp3) is 0.500. The van der Waals surface area contributed by atoms with Gasteiger partial charge in [0.15, 0.2) is 0 Å². The number of pyridine rings is 1. The predicted octanol–water partition coefficient (Wildman–Crippen LogP) is 6.41. The van der Waals surface area contributed by atoms with Crippen molar-refractivity contribution in [2.24, 2.45) is 0 Å². The van der Waals surface area contributed by atoms with Crippen LogP contribution in [0.1, 0.15) is 45.4 Å². The predicted molar refractivity (Wildman–Crippen MR) is 97.6 cm³/mol. The summed E-state index contributed by atoms with van der Waals surface area (Å²) in [5, 5.41) is 1.31. The Labute approximate surface area is 137 Å². The van der Waals surface area contributed by atoms with E-state index < -0.39 is 0 Å². The molecule has 1 heterocycles. The second-order valence-corrected chi connectivity index (χ2v) is 7.27. The van der Waals surface area contributed by atoms with E-state index in [0.29, 0.717) is 0 Å². The van der Waals surface area contributed by atoms with Gasteiger partial charge in [-0.2, -0.15) is 0 Å². The topological polar surface area (TPSA) is 12.9 Å². The molecule has 0 fully saturated rings. The van der Waals surface area contributed by atoms with Gasteiger partial charge >= 0.3 is 0 Å². The van der Waals surface area contributed by atoms with E-state index in [9.17, 15) is 0 Å². The Kier molecular flexibility index (Phi) is 7.45. The molecule has 1 nitrogen and oxygen atoms in total. The molecule has 0 unspecified atom stereocenters. The van der Waals surface area contributed by atoms with Gasteiger partial charge in [0, 0.05) is 21.4 Å². The maximum absolute atomic E-state index is 4.56. The summed E-state index contributed by atoms with van der Waals surface area (Å²) in [5.41, 5.74) is 1.15. The van der Waals surface area contributed by atoms with E-state index in [-0.39, 0.29) is 0 Å². The molecule has 0 N–H and O–H groups in total. The van der Waals surface area contributed by atoms with Crippen LogP contribution in [-0.2, 0) is 0 Å². The van der Waals surface area contributed by atoms with Gasteiger partial charge in [0.2, 0.25) is 0 Å². The van der Waals surface area contributed by atoms with Crippen molar-refractivity contribution in [1.29, 1.82) is 0 Å². The second-order valence-electron chi connectivity index (χ2n) is 5.28. The van der Waals surface area contributed by atoms with E-state index in [1.165, 1.54) is 59.5 Å². The van der Waals surface area contributed by atoms with Crippen LogP contribution in [0.15, 0.2) is 40.3 Å². The quantitative estimate of drug-likeness (QED) is 0.391. The first-order valence-electron chi connectivity index (χ1n) is 7.91. The lowest BCUT2D eigenvalue weighted by atomic mass is 10.1. The highest BCUT2D eigenvalue weighted by atomic mass is 32.2. The highest BCUT2D eigenvalue weighted by molar-refractivity contribution is 7.99. The summed E-state index contributed by atoms with van der Waals surface area (Å²) in [6.45, 7) is 2.27. The second kappa shape index (κ2) is 9.37. The number of unbranched alkanes of at least 4 members (excludes halogenated alkanes) is 5. The molecule has 3 heteroatoms. The molecule has 2 rings (SSSR count). The molecule has 0 amide bonds. The summed E-state index contributed by atoms with van der Waals surface area (Å²) in [6.07, 6.45) is 12.2. The summed E-state index contributed by atoms with van der Waals surface area (Å²) in [7, 11) is 0. The van der Waals surface area contributed by atoms with Crippen molar-refractivity contribution in [3.8, 4) is 0 Å². The fourth-order valence-electron chi connectivity index (χ4n) is 2.48. The van der Waals surface area contributed by atoms with Crippen LogP contribution < -0.4 is 0 Å². The minimum atomic E-state index is 1.15. The first-order valence-corrected chi connectivity index (χ1v) is 10.1. The molecule has 21 heavy (non-hydrogen) atoms.